The first kappa shape index (κ1) is 19.4. The van der Waals surface area contributed by atoms with E-state index >= 15 is 0 Å². The van der Waals surface area contributed by atoms with Crippen molar-refractivity contribution in [2.75, 3.05) is 0 Å². The summed E-state index contributed by atoms with van der Waals surface area (Å²) in [6, 6.07) is 21.2. The van der Waals surface area contributed by atoms with Gasteiger partial charge in [-0.25, -0.2) is 0 Å². The smallest absolute Gasteiger partial charge is 0.0704 e. The lowest BCUT2D eigenvalue weighted by Crippen LogP contribution is -2.18. The van der Waals surface area contributed by atoms with E-state index in [0.717, 1.165) is 16.5 Å². The third kappa shape index (κ3) is 3.77. The van der Waals surface area contributed by atoms with Gasteiger partial charge in [-0.05, 0) is 90.5 Å². The fourth-order valence-corrected chi connectivity index (χ4v) is 5.36. The molecule has 1 N–H and O–H groups in total. The lowest BCUT2D eigenvalue weighted by Gasteiger charge is -2.32. The Balaban J connectivity index is 1.29. The van der Waals surface area contributed by atoms with Crippen molar-refractivity contribution < 1.29 is 0 Å². The average molecular weight is 415 g/mol. The lowest BCUT2D eigenvalue weighted by atomic mass is 9.73. The molecule has 1 aliphatic carbocycles. The van der Waals surface area contributed by atoms with Gasteiger partial charge in [0.05, 0.1) is 5.52 Å². The van der Waals surface area contributed by atoms with E-state index in [2.05, 4.69) is 65.6 Å². The van der Waals surface area contributed by atoms with Crippen molar-refractivity contribution in [3.05, 3.63) is 89.3 Å². The molecule has 0 unspecified atom stereocenters. The summed E-state index contributed by atoms with van der Waals surface area (Å²) in [5.41, 5.74) is 6.32. The molecule has 0 spiro atoms. The Morgan fingerprint density at radius 1 is 0.933 bits per heavy atom. The second-order valence-corrected chi connectivity index (χ2v) is 9.11. The summed E-state index contributed by atoms with van der Waals surface area (Å²) < 4.78 is 0. The molecular weight excluding hydrogens is 388 g/mol. The summed E-state index contributed by atoms with van der Waals surface area (Å²) in [4.78, 5) is 8.08. The number of nitrogens with one attached hydrogen (secondary N) is 1. The van der Waals surface area contributed by atoms with Gasteiger partial charge in [-0.15, -0.1) is 0 Å². The molecule has 1 atom stereocenters. The van der Waals surface area contributed by atoms with Crippen LogP contribution in [0.1, 0.15) is 55.7 Å². The van der Waals surface area contributed by atoms with E-state index in [9.17, 15) is 0 Å². The predicted octanol–water partition coefficient (Wildman–Crippen LogP) is 7.96. The number of aromatic nitrogens is 2. The van der Waals surface area contributed by atoms with Gasteiger partial charge in [0, 0.05) is 28.5 Å². The molecule has 0 saturated heterocycles. The van der Waals surface area contributed by atoms with Gasteiger partial charge in [0.15, 0.2) is 0 Å². The second kappa shape index (κ2) is 8.28. The van der Waals surface area contributed by atoms with Crippen LogP contribution >= 0.6 is 11.6 Å². The predicted molar refractivity (Wildman–Crippen MR) is 126 cm³/mol. The van der Waals surface area contributed by atoms with Crippen LogP contribution in [-0.2, 0) is 0 Å². The van der Waals surface area contributed by atoms with Crippen molar-refractivity contribution in [1.82, 2.24) is 9.97 Å². The molecule has 4 aromatic rings. The van der Waals surface area contributed by atoms with Crippen molar-refractivity contribution in [3.63, 3.8) is 0 Å². The minimum atomic E-state index is 0.535. The molecule has 0 amide bonds. The van der Waals surface area contributed by atoms with Crippen LogP contribution in [0.15, 0.2) is 73.1 Å². The molecule has 152 valence electrons. The highest BCUT2D eigenvalue weighted by Crippen LogP contribution is 2.43. The van der Waals surface area contributed by atoms with E-state index < -0.39 is 0 Å². The Kier molecular flexibility index (Phi) is 5.35. The molecule has 3 heteroatoms. The molecule has 2 aromatic carbocycles. The van der Waals surface area contributed by atoms with Crippen molar-refractivity contribution in [2.24, 2.45) is 5.92 Å². The van der Waals surface area contributed by atoms with Gasteiger partial charge < -0.3 is 4.98 Å². The van der Waals surface area contributed by atoms with E-state index in [-0.39, 0.29) is 0 Å². The van der Waals surface area contributed by atoms with E-state index in [4.69, 9.17) is 11.6 Å². The number of fused-ring (bicyclic) bond motifs is 1. The van der Waals surface area contributed by atoms with Crippen LogP contribution in [0.2, 0.25) is 5.02 Å². The standard InChI is InChI=1S/C27H27ClN2/c1-18(27-16-22(17-30-27)21-5-4-6-23(28)15-21)19-9-11-20(12-10-19)24-13-14-29-26-8-3-2-7-25(24)26/h2-8,13-20,30H,9-12H2,1H3/t18-,19?,20?/m1/s1. The number of para-hydroxylation sites is 1. The highest BCUT2D eigenvalue weighted by Gasteiger charge is 2.28. The zero-order valence-electron chi connectivity index (χ0n) is 17.3. The fraction of sp³-hybridized carbons (Fsp3) is 0.296. The Labute approximate surface area is 183 Å². The van der Waals surface area contributed by atoms with Crippen molar-refractivity contribution in [3.8, 4) is 11.1 Å². The molecular formula is C27H27ClN2. The quantitative estimate of drug-likeness (QED) is 0.360. The average Bonchev–Trinajstić information content (AvgIpc) is 3.29. The van der Waals surface area contributed by atoms with Crippen LogP contribution in [0.5, 0.6) is 0 Å². The van der Waals surface area contributed by atoms with Gasteiger partial charge in [0.1, 0.15) is 0 Å². The summed E-state index contributed by atoms with van der Waals surface area (Å²) in [6.45, 7) is 2.38. The zero-order chi connectivity index (χ0) is 20.5. The topological polar surface area (TPSA) is 28.7 Å². The van der Waals surface area contributed by atoms with Gasteiger partial charge in [0.25, 0.3) is 0 Å². The molecule has 30 heavy (non-hydrogen) atoms. The number of rotatable bonds is 4. The Bertz CT molecular complexity index is 1150. The zero-order valence-corrected chi connectivity index (χ0v) is 18.1. The summed E-state index contributed by atoms with van der Waals surface area (Å²) in [5.74, 6) is 1.90. The third-order valence-electron chi connectivity index (χ3n) is 6.96. The van der Waals surface area contributed by atoms with Crippen LogP contribution in [-0.4, -0.2) is 9.97 Å². The van der Waals surface area contributed by atoms with Crippen LogP contribution in [0, 0.1) is 5.92 Å². The number of nitrogens with zero attached hydrogens (tertiary/aromatic N) is 1. The Morgan fingerprint density at radius 3 is 2.60 bits per heavy atom. The highest BCUT2D eigenvalue weighted by atomic mass is 35.5. The maximum atomic E-state index is 6.17. The Morgan fingerprint density at radius 2 is 1.77 bits per heavy atom. The van der Waals surface area contributed by atoms with E-state index in [1.165, 1.54) is 53.5 Å². The summed E-state index contributed by atoms with van der Waals surface area (Å²) in [6.07, 6.45) is 9.15. The third-order valence-corrected chi connectivity index (χ3v) is 7.19. The van der Waals surface area contributed by atoms with Crippen LogP contribution in [0.3, 0.4) is 0 Å². The molecule has 2 heterocycles. The molecule has 2 aromatic heterocycles. The summed E-state index contributed by atoms with van der Waals surface area (Å²) >= 11 is 6.17. The number of aromatic amines is 1. The largest absolute Gasteiger partial charge is 0.364 e. The number of halogens is 1. The maximum Gasteiger partial charge on any atom is 0.0704 e. The minimum Gasteiger partial charge on any atom is -0.364 e. The molecule has 5 rings (SSSR count). The van der Waals surface area contributed by atoms with Gasteiger partial charge in [0.2, 0.25) is 0 Å². The molecule has 1 saturated carbocycles. The van der Waals surface area contributed by atoms with Gasteiger partial charge in [-0.2, -0.15) is 0 Å². The number of hydrogen-bond acceptors (Lipinski definition) is 1. The maximum absolute atomic E-state index is 6.17. The number of H-pyrrole nitrogens is 1. The fourth-order valence-electron chi connectivity index (χ4n) is 5.17. The normalized spacial score (nSPS) is 20.3. The van der Waals surface area contributed by atoms with Gasteiger partial charge in [-0.1, -0.05) is 48.9 Å². The molecule has 2 nitrogen and oxygen atoms in total. The molecule has 0 radical (unpaired) electrons. The lowest BCUT2D eigenvalue weighted by molar-refractivity contribution is 0.289. The van der Waals surface area contributed by atoms with Crippen LogP contribution < -0.4 is 0 Å². The Hall–Kier alpha value is -2.58. The van der Waals surface area contributed by atoms with Gasteiger partial charge in [-0.3, -0.25) is 4.98 Å². The first-order chi connectivity index (χ1) is 14.7. The number of hydrogen-bond donors (Lipinski definition) is 1. The monoisotopic (exact) mass is 414 g/mol. The molecule has 0 bridgehead atoms. The van der Waals surface area contributed by atoms with Crippen LogP contribution in [0.4, 0.5) is 0 Å². The van der Waals surface area contributed by atoms with E-state index in [0.29, 0.717) is 11.8 Å². The molecule has 0 aliphatic heterocycles. The first-order valence-corrected chi connectivity index (χ1v) is 11.3. The van der Waals surface area contributed by atoms with Crippen LogP contribution in [0.25, 0.3) is 22.0 Å². The number of pyridine rings is 1. The molecule has 1 fully saturated rings. The number of benzene rings is 2. The first-order valence-electron chi connectivity index (χ1n) is 11.0. The van der Waals surface area contributed by atoms with E-state index in [1.54, 1.807) is 0 Å². The molecule has 1 aliphatic rings. The SMILES string of the molecule is C[C@@H](c1cc(-c2cccc(Cl)c2)c[nH]1)C1CCC(c2ccnc3ccccc23)CC1. The second-order valence-electron chi connectivity index (χ2n) is 8.67. The summed E-state index contributed by atoms with van der Waals surface area (Å²) in [7, 11) is 0. The van der Waals surface area contributed by atoms with Crippen molar-refractivity contribution in [2.45, 2.75) is 44.4 Å². The minimum absolute atomic E-state index is 0.535. The van der Waals surface area contributed by atoms with Crippen molar-refractivity contribution >= 4 is 22.5 Å². The van der Waals surface area contributed by atoms with Gasteiger partial charge >= 0.3 is 0 Å². The summed E-state index contributed by atoms with van der Waals surface area (Å²) in [5, 5.41) is 2.11. The van der Waals surface area contributed by atoms with Crippen molar-refractivity contribution in [1.29, 1.82) is 0 Å². The highest BCUT2D eigenvalue weighted by molar-refractivity contribution is 6.30. The van der Waals surface area contributed by atoms with E-state index in [1.807, 2.05) is 24.4 Å².